The quantitative estimate of drug-likeness (QED) is 0.442. The Labute approximate surface area is 149 Å². The molecule has 4 rings (SSSR count). The standard InChI is InChI=1S/C19H16N4OS/c1-2-11-23-17(24)12-25-19(23)22-21-18-13-7-3-5-9-15(13)20-16-10-6-4-8-14(16)18/h2-10H,1,11-12H2,(H,20,21)/b22-19-. The molecule has 2 aromatic carbocycles. The van der Waals surface area contributed by atoms with E-state index in [0.29, 0.717) is 17.5 Å². The second-order valence-electron chi connectivity index (χ2n) is 5.61. The predicted molar refractivity (Wildman–Crippen MR) is 105 cm³/mol. The van der Waals surface area contributed by atoms with Gasteiger partial charge in [-0.2, -0.15) is 0 Å². The molecule has 1 fully saturated rings. The molecule has 1 aliphatic heterocycles. The molecule has 1 saturated heterocycles. The number of fused-ring (bicyclic) bond motifs is 2. The summed E-state index contributed by atoms with van der Waals surface area (Å²) in [7, 11) is 0. The number of nitrogens with zero attached hydrogens (tertiary/aromatic N) is 3. The zero-order valence-electron chi connectivity index (χ0n) is 13.5. The van der Waals surface area contributed by atoms with Crippen LogP contribution in [0.25, 0.3) is 21.8 Å². The number of pyridine rings is 1. The summed E-state index contributed by atoms with van der Waals surface area (Å²) in [5.74, 6) is 0.460. The maximum absolute atomic E-state index is 11.9. The highest BCUT2D eigenvalue weighted by molar-refractivity contribution is 8.15. The Morgan fingerprint density at radius 3 is 2.44 bits per heavy atom. The second kappa shape index (κ2) is 6.57. The van der Waals surface area contributed by atoms with Crippen LogP contribution in [0.15, 0.2) is 66.3 Å². The van der Waals surface area contributed by atoms with E-state index < -0.39 is 0 Å². The van der Waals surface area contributed by atoms with Crippen molar-refractivity contribution in [3.05, 3.63) is 61.2 Å². The SMILES string of the molecule is C=CCN1C(=O)CS/C1=N\Nc1c2ccccc2nc2ccccc12. The summed E-state index contributed by atoms with van der Waals surface area (Å²) in [5, 5.41) is 7.16. The van der Waals surface area contributed by atoms with Crippen molar-refractivity contribution in [3.63, 3.8) is 0 Å². The average Bonchev–Trinajstić information content (AvgIpc) is 2.99. The zero-order valence-corrected chi connectivity index (χ0v) is 14.3. The van der Waals surface area contributed by atoms with Crippen molar-refractivity contribution >= 4 is 50.3 Å². The fraction of sp³-hybridized carbons (Fsp3) is 0.105. The van der Waals surface area contributed by atoms with Gasteiger partial charge in [0.1, 0.15) is 0 Å². The van der Waals surface area contributed by atoms with E-state index in [0.717, 1.165) is 27.5 Å². The van der Waals surface area contributed by atoms with Gasteiger partial charge in [0.25, 0.3) is 0 Å². The lowest BCUT2D eigenvalue weighted by atomic mass is 10.1. The van der Waals surface area contributed by atoms with Gasteiger partial charge in [-0.3, -0.25) is 15.1 Å². The van der Waals surface area contributed by atoms with E-state index >= 15 is 0 Å². The van der Waals surface area contributed by atoms with Crippen molar-refractivity contribution in [1.29, 1.82) is 0 Å². The van der Waals surface area contributed by atoms with Crippen LogP contribution in [0.1, 0.15) is 0 Å². The molecular formula is C19H16N4OS. The zero-order chi connectivity index (χ0) is 17.2. The van der Waals surface area contributed by atoms with Gasteiger partial charge >= 0.3 is 0 Å². The number of benzene rings is 2. The summed E-state index contributed by atoms with van der Waals surface area (Å²) >= 11 is 1.43. The van der Waals surface area contributed by atoms with Gasteiger partial charge in [-0.25, -0.2) is 4.98 Å². The lowest BCUT2D eigenvalue weighted by Gasteiger charge is -2.14. The Bertz CT molecular complexity index is 961. The van der Waals surface area contributed by atoms with E-state index in [2.05, 4.69) is 17.1 Å². The maximum atomic E-state index is 11.9. The number of thioether (sulfide) groups is 1. The van der Waals surface area contributed by atoms with Gasteiger partial charge in [0.05, 0.1) is 22.5 Å². The van der Waals surface area contributed by atoms with Crippen LogP contribution in [-0.2, 0) is 4.79 Å². The number of anilines is 1. The van der Waals surface area contributed by atoms with Crippen LogP contribution in [-0.4, -0.2) is 33.3 Å². The van der Waals surface area contributed by atoms with E-state index in [1.165, 1.54) is 11.8 Å². The number of rotatable bonds is 4. The minimum Gasteiger partial charge on any atom is -0.285 e. The van der Waals surface area contributed by atoms with E-state index in [1.807, 2.05) is 48.5 Å². The molecule has 0 radical (unpaired) electrons. The minimum absolute atomic E-state index is 0.0508. The highest BCUT2D eigenvalue weighted by Gasteiger charge is 2.27. The number of nitrogens with one attached hydrogen (secondary N) is 1. The van der Waals surface area contributed by atoms with E-state index in [4.69, 9.17) is 4.98 Å². The van der Waals surface area contributed by atoms with Crippen LogP contribution in [0.3, 0.4) is 0 Å². The van der Waals surface area contributed by atoms with E-state index in [9.17, 15) is 4.79 Å². The molecule has 0 spiro atoms. The number of hydrogen-bond donors (Lipinski definition) is 1. The molecule has 6 heteroatoms. The number of aromatic nitrogens is 1. The number of amidine groups is 1. The Kier molecular flexibility index (Phi) is 4.11. The van der Waals surface area contributed by atoms with Crippen LogP contribution in [0.5, 0.6) is 0 Å². The minimum atomic E-state index is 0.0508. The van der Waals surface area contributed by atoms with Crippen molar-refractivity contribution in [3.8, 4) is 0 Å². The largest absolute Gasteiger partial charge is 0.285 e. The second-order valence-corrected chi connectivity index (χ2v) is 6.55. The van der Waals surface area contributed by atoms with Crippen molar-refractivity contribution < 1.29 is 4.79 Å². The number of carbonyl (C=O) groups excluding carboxylic acids is 1. The third-order valence-corrected chi connectivity index (χ3v) is 4.98. The molecular weight excluding hydrogens is 332 g/mol. The number of hydrazone groups is 1. The smallest absolute Gasteiger partial charge is 0.239 e. The fourth-order valence-corrected chi connectivity index (χ4v) is 3.71. The van der Waals surface area contributed by atoms with Gasteiger partial charge in [-0.15, -0.1) is 11.7 Å². The molecule has 3 aromatic rings. The molecule has 1 aliphatic rings. The van der Waals surface area contributed by atoms with Crippen LogP contribution in [0, 0.1) is 0 Å². The third kappa shape index (κ3) is 2.85. The van der Waals surface area contributed by atoms with E-state index in [-0.39, 0.29) is 5.91 Å². The van der Waals surface area contributed by atoms with Crippen LogP contribution in [0.2, 0.25) is 0 Å². The molecule has 0 unspecified atom stereocenters. The third-order valence-electron chi connectivity index (χ3n) is 4.02. The normalized spacial score (nSPS) is 16.1. The molecule has 0 atom stereocenters. The highest BCUT2D eigenvalue weighted by Crippen LogP contribution is 2.31. The topological polar surface area (TPSA) is 57.6 Å². The van der Waals surface area contributed by atoms with Crippen LogP contribution >= 0.6 is 11.8 Å². The lowest BCUT2D eigenvalue weighted by Crippen LogP contribution is -2.30. The lowest BCUT2D eigenvalue weighted by molar-refractivity contribution is -0.123. The highest BCUT2D eigenvalue weighted by atomic mass is 32.2. The average molecular weight is 348 g/mol. The number of hydrogen-bond acceptors (Lipinski definition) is 5. The molecule has 2 heterocycles. The summed E-state index contributed by atoms with van der Waals surface area (Å²) in [6, 6.07) is 15.9. The van der Waals surface area contributed by atoms with Crippen molar-refractivity contribution in [2.75, 3.05) is 17.7 Å². The molecule has 124 valence electrons. The van der Waals surface area contributed by atoms with Crippen molar-refractivity contribution in [1.82, 2.24) is 9.88 Å². The molecule has 5 nitrogen and oxygen atoms in total. The summed E-state index contributed by atoms with van der Waals surface area (Å²) in [6.07, 6.45) is 1.70. The first-order valence-corrected chi connectivity index (χ1v) is 8.92. The Morgan fingerprint density at radius 1 is 1.16 bits per heavy atom. The van der Waals surface area contributed by atoms with Gasteiger partial charge in [0.2, 0.25) is 5.91 Å². The summed E-state index contributed by atoms with van der Waals surface area (Å²) in [4.78, 5) is 18.3. The van der Waals surface area contributed by atoms with Crippen molar-refractivity contribution in [2.45, 2.75) is 0 Å². The first kappa shape index (κ1) is 15.7. The predicted octanol–water partition coefficient (Wildman–Crippen LogP) is 3.83. The summed E-state index contributed by atoms with van der Waals surface area (Å²) in [6.45, 7) is 4.17. The monoisotopic (exact) mass is 348 g/mol. The Balaban J connectivity index is 1.81. The number of para-hydroxylation sites is 2. The first-order chi connectivity index (χ1) is 12.3. The van der Waals surface area contributed by atoms with Gasteiger partial charge in [0.15, 0.2) is 5.17 Å². The molecule has 0 aliphatic carbocycles. The number of amides is 1. The summed E-state index contributed by atoms with van der Waals surface area (Å²) in [5.41, 5.74) is 5.89. The molecule has 0 saturated carbocycles. The summed E-state index contributed by atoms with van der Waals surface area (Å²) < 4.78 is 0. The van der Waals surface area contributed by atoms with Crippen LogP contribution < -0.4 is 5.43 Å². The Morgan fingerprint density at radius 2 is 1.80 bits per heavy atom. The van der Waals surface area contributed by atoms with E-state index in [1.54, 1.807) is 11.0 Å². The first-order valence-electron chi connectivity index (χ1n) is 7.93. The van der Waals surface area contributed by atoms with Gasteiger partial charge in [-0.1, -0.05) is 54.2 Å². The molecule has 0 bridgehead atoms. The molecule has 1 aromatic heterocycles. The van der Waals surface area contributed by atoms with Crippen molar-refractivity contribution in [2.24, 2.45) is 5.10 Å². The molecule has 1 amide bonds. The van der Waals surface area contributed by atoms with Crippen LogP contribution in [0.4, 0.5) is 5.69 Å². The van der Waals surface area contributed by atoms with Gasteiger partial charge in [-0.05, 0) is 12.1 Å². The van der Waals surface area contributed by atoms with Gasteiger partial charge in [0, 0.05) is 17.3 Å². The number of carbonyl (C=O) groups is 1. The Hall–Kier alpha value is -2.86. The fourth-order valence-electron chi connectivity index (χ4n) is 2.85. The molecule has 1 N–H and O–H groups in total. The maximum Gasteiger partial charge on any atom is 0.239 e. The van der Waals surface area contributed by atoms with Gasteiger partial charge < -0.3 is 0 Å². The molecule has 25 heavy (non-hydrogen) atoms.